The van der Waals surface area contributed by atoms with Crippen molar-refractivity contribution < 1.29 is 37.6 Å². The van der Waals surface area contributed by atoms with Crippen LogP contribution in [0.25, 0.3) is 11.3 Å². The molecule has 2 heterocycles. The number of aromatic nitrogens is 3. The largest absolute Gasteiger partial charge is 0.394 e. The Morgan fingerprint density at radius 1 is 1.03 bits per heavy atom. The third kappa shape index (κ3) is 4.72. The summed E-state index contributed by atoms with van der Waals surface area (Å²) in [5.74, 6) is -5.09. The lowest BCUT2D eigenvalue weighted by atomic mass is 9.97. The van der Waals surface area contributed by atoms with Crippen LogP contribution in [0.3, 0.4) is 0 Å². The Morgan fingerprint density at radius 2 is 1.73 bits per heavy atom. The van der Waals surface area contributed by atoms with Crippen molar-refractivity contribution in [3.05, 3.63) is 64.8 Å². The van der Waals surface area contributed by atoms with Gasteiger partial charge in [0.05, 0.1) is 17.8 Å². The number of rotatable bonds is 5. The number of benzene rings is 2. The van der Waals surface area contributed by atoms with Crippen LogP contribution in [0.2, 0.25) is 5.02 Å². The molecule has 0 radical (unpaired) electrons. The van der Waals surface area contributed by atoms with Crippen molar-refractivity contribution in [2.75, 3.05) is 6.61 Å². The van der Waals surface area contributed by atoms with Crippen LogP contribution in [0, 0.1) is 23.3 Å². The van der Waals surface area contributed by atoms with E-state index in [0.717, 1.165) is 34.6 Å². The van der Waals surface area contributed by atoms with Gasteiger partial charge in [0.2, 0.25) is 0 Å². The molecule has 1 aliphatic heterocycles. The highest BCUT2D eigenvalue weighted by Crippen LogP contribution is 2.39. The van der Waals surface area contributed by atoms with Crippen LogP contribution >= 0.6 is 23.4 Å². The molecule has 5 atom stereocenters. The summed E-state index contributed by atoms with van der Waals surface area (Å²) in [6.07, 6.45) is -2.76. The monoisotopic (exact) mass is 505 g/mol. The van der Waals surface area contributed by atoms with Crippen LogP contribution in [-0.2, 0) is 4.74 Å². The summed E-state index contributed by atoms with van der Waals surface area (Å²) >= 11 is 6.77. The molecule has 0 aliphatic carbocycles. The number of hydrogen-bond acceptors (Lipinski definition) is 7. The first-order valence-electron chi connectivity index (χ1n) is 9.50. The summed E-state index contributed by atoms with van der Waals surface area (Å²) in [7, 11) is 0. The van der Waals surface area contributed by atoms with Crippen molar-refractivity contribution in [2.45, 2.75) is 34.7 Å². The molecule has 0 spiro atoms. The Kier molecular flexibility index (Phi) is 6.93. The minimum absolute atomic E-state index is 0.0474. The predicted octanol–water partition coefficient (Wildman–Crippen LogP) is 2.93. The van der Waals surface area contributed by atoms with Gasteiger partial charge in [0.15, 0.2) is 17.5 Å². The van der Waals surface area contributed by atoms with Gasteiger partial charge in [-0.3, -0.25) is 0 Å². The molecule has 3 N–H and O–H groups in total. The van der Waals surface area contributed by atoms with Crippen LogP contribution in [-0.4, -0.2) is 60.7 Å². The van der Waals surface area contributed by atoms with E-state index in [1.54, 1.807) is 0 Å². The van der Waals surface area contributed by atoms with Gasteiger partial charge in [-0.05, 0) is 30.3 Å². The average molecular weight is 506 g/mol. The molecule has 0 bridgehead atoms. The number of nitrogens with zero attached hydrogens (tertiary/aromatic N) is 3. The Labute approximate surface area is 193 Å². The number of thioether (sulfide) groups is 1. The van der Waals surface area contributed by atoms with Crippen LogP contribution in [0.4, 0.5) is 17.6 Å². The fraction of sp³-hybridized carbons (Fsp3) is 0.300. The molecule has 7 nitrogen and oxygen atoms in total. The fourth-order valence-electron chi connectivity index (χ4n) is 3.42. The van der Waals surface area contributed by atoms with Crippen LogP contribution in [0.1, 0.15) is 6.04 Å². The standard InChI is InChI=1S/C20H16ClF4N3O4S/c21-10-5-9(1-2-11(10)22)33-20-19(31)17(18(30)15(7-29)32-20)28-6-14(26-27-28)8-3-12(23)16(25)13(24)4-8/h1-6,15,17-20,29-31H,7H2/t15-,17+,18+,19-,20-/m1/s1. The highest BCUT2D eigenvalue weighted by Gasteiger charge is 2.46. The van der Waals surface area contributed by atoms with Gasteiger partial charge >= 0.3 is 0 Å². The van der Waals surface area contributed by atoms with Crippen molar-refractivity contribution in [1.82, 2.24) is 15.0 Å². The maximum Gasteiger partial charge on any atom is 0.194 e. The summed E-state index contributed by atoms with van der Waals surface area (Å²) < 4.78 is 60.5. The van der Waals surface area contributed by atoms with Gasteiger partial charge in [-0.25, -0.2) is 22.2 Å². The average Bonchev–Trinajstić information content (AvgIpc) is 3.26. The first-order chi connectivity index (χ1) is 15.7. The number of aliphatic hydroxyl groups is 3. The lowest BCUT2D eigenvalue weighted by molar-refractivity contribution is -0.178. The molecule has 3 aromatic rings. The lowest BCUT2D eigenvalue weighted by Gasteiger charge is -2.41. The Bertz CT molecular complexity index is 1150. The smallest absolute Gasteiger partial charge is 0.194 e. The second-order valence-corrected chi connectivity index (χ2v) is 8.81. The van der Waals surface area contributed by atoms with E-state index in [1.165, 1.54) is 18.3 Å². The molecule has 0 amide bonds. The maximum atomic E-state index is 13.6. The van der Waals surface area contributed by atoms with Crippen LogP contribution in [0.15, 0.2) is 41.4 Å². The van der Waals surface area contributed by atoms with Crippen molar-refractivity contribution in [3.63, 3.8) is 0 Å². The molecular weight excluding hydrogens is 490 g/mol. The minimum atomic E-state index is -1.63. The van der Waals surface area contributed by atoms with Crippen LogP contribution < -0.4 is 0 Å². The first-order valence-corrected chi connectivity index (χ1v) is 10.8. The van der Waals surface area contributed by atoms with E-state index in [-0.39, 0.29) is 16.3 Å². The number of aliphatic hydroxyl groups excluding tert-OH is 3. The highest BCUT2D eigenvalue weighted by atomic mass is 35.5. The van der Waals surface area contributed by atoms with Crippen molar-refractivity contribution in [2.24, 2.45) is 0 Å². The molecule has 1 saturated heterocycles. The predicted molar refractivity (Wildman–Crippen MR) is 109 cm³/mol. The summed E-state index contributed by atoms with van der Waals surface area (Å²) in [6, 6.07) is 4.17. The second kappa shape index (κ2) is 9.57. The molecule has 1 aromatic heterocycles. The van der Waals surface area contributed by atoms with E-state index in [9.17, 15) is 32.9 Å². The van der Waals surface area contributed by atoms with Gasteiger partial charge in [0.25, 0.3) is 0 Å². The van der Waals surface area contributed by atoms with Gasteiger partial charge in [0, 0.05) is 10.5 Å². The third-order valence-corrected chi connectivity index (χ3v) is 6.53. The van der Waals surface area contributed by atoms with Gasteiger partial charge < -0.3 is 20.1 Å². The molecule has 1 aliphatic rings. The molecule has 4 rings (SSSR count). The summed E-state index contributed by atoms with van der Waals surface area (Å²) in [5.41, 5.74) is -1.20. The zero-order valence-corrected chi connectivity index (χ0v) is 18.0. The van der Waals surface area contributed by atoms with Gasteiger partial charge in [-0.1, -0.05) is 28.6 Å². The third-order valence-electron chi connectivity index (χ3n) is 5.09. The van der Waals surface area contributed by atoms with E-state index in [1.807, 2.05) is 0 Å². The number of hydrogen-bond donors (Lipinski definition) is 3. The fourth-order valence-corrected chi connectivity index (χ4v) is 4.76. The van der Waals surface area contributed by atoms with E-state index < -0.39 is 59.7 Å². The normalized spacial score (nSPS) is 25.4. The zero-order valence-electron chi connectivity index (χ0n) is 16.4. The Balaban J connectivity index is 1.63. The van der Waals surface area contributed by atoms with Crippen LogP contribution in [0.5, 0.6) is 0 Å². The van der Waals surface area contributed by atoms with Crippen molar-refractivity contribution in [1.29, 1.82) is 0 Å². The van der Waals surface area contributed by atoms with Gasteiger partial charge in [-0.15, -0.1) is 5.10 Å². The van der Waals surface area contributed by atoms with E-state index in [2.05, 4.69) is 10.3 Å². The van der Waals surface area contributed by atoms with Gasteiger partial charge in [-0.2, -0.15) is 0 Å². The van der Waals surface area contributed by atoms with E-state index in [0.29, 0.717) is 4.90 Å². The van der Waals surface area contributed by atoms with Crippen molar-refractivity contribution >= 4 is 23.4 Å². The Hall–Kier alpha value is -2.22. The molecule has 13 heteroatoms. The first kappa shape index (κ1) is 23.9. The number of halogens is 5. The minimum Gasteiger partial charge on any atom is -0.394 e. The molecule has 33 heavy (non-hydrogen) atoms. The zero-order chi connectivity index (χ0) is 23.9. The topological polar surface area (TPSA) is 101 Å². The molecule has 1 fully saturated rings. The molecule has 2 aromatic carbocycles. The quantitative estimate of drug-likeness (QED) is 0.362. The molecular formula is C20H16ClF4N3O4S. The summed E-state index contributed by atoms with van der Waals surface area (Å²) in [6.45, 7) is -0.596. The molecule has 0 saturated carbocycles. The SMILES string of the molecule is OC[C@H]1O[C@H](Sc2ccc(F)c(Cl)c2)[C@H](O)[C@@H](n2cc(-c3cc(F)c(F)c(F)c3)nn2)[C@H]1O. The maximum absolute atomic E-state index is 13.6. The van der Waals surface area contributed by atoms with E-state index in [4.69, 9.17) is 16.3 Å². The summed E-state index contributed by atoms with van der Waals surface area (Å²) in [4.78, 5) is 0.453. The van der Waals surface area contributed by atoms with Crippen molar-refractivity contribution in [3.8, 4) is 11.3 Å². The highest BCUT2D eigenvalue weighted by molar-refractivity contribution is 7.99. The summed E-state index contributed by atoms with van der Waals surface area (Å²) in [5, 5.41) is 38.7. The molecule has 176 valence electrons. The Morgan fingerprint density at radius 3 is 2.36 bits per heavy atom. The second-order valence-electron chi connectivity index (χ2n) is 7.23. The number of ether oxygens (including phenoxy) is 1. The molecule has 0 unspecified atom stereocenters. The van der Waals surface area contributed by atoms with E-state index >= 15 is 0 Å². The van der Waals surface area contributed by atoms with Gasteiger partial charge in [0.1, 0.15) is 41.3 Å². The lowest BCUT2D eigenvalue weighted by Crippen LogP contribution is -2.55.